The molecular formula is C12H19NO6. The van der Waals surface area contributed by atoms with Crippen LogP contribution in [0.25, 0.3) is 0 Å². The number of hydrogen-bond donors (Lipinski definition) is 0. The maximum Gasteiger partial charge on any atom is 0.327 e. The molecule has 0 saturated carbocycles. The van der Waals surface area contributed by atoms with Gasteiger partial charge < -0.3 is 14.2 Å². The van der Waals surface area contributed by atoms with Crippen molar-refractivity contribution in [1.82, 2.24) is 0 Å². The van der Waals surface area contributed by atoms with Gasteiger partial charge in [-0.15, -0.1) is 0 Å². The van der Waals surface area contributed by atoms with Crippen molar-refractivity contribution in [3.05, 3.63) is 0 Å². The predicted octanol–water partition coefficient (Wildman–Crippen LogP) is 0.363. The molecule has 0 aromatic rings. The number of rotatable bonds is 8. The second kappa shape index (κ2) is 10.0. The van der Waals surface area contributed by atoms with Crippen LogP contribution in [0, 0.1) is 5.92 Å². The lowest BCUT2D eigenvalue weighted by Gasteiger charge is -2.09. The van der Waals surface area contributed by atoms with Gasteiger partial charge in [-0.2, -0.15) is 0 Å². The smallest absolute Gasteiger partial charge is 0.327 e. The molecule has 0 fully saturated rings. The number of esters is 3. The largest absolute Gasteiger partial charge is 0.465 e. The van der Waals surface area contributed by atoms with Crippen molar-refractivity contribution in [1.29, 1.82) is 0 Å². The third-order valence-corrected chi connectivity index (χ3v) is 1.86. The van der Waals surface area contributed by atoms with Crippen LogP contribution in [-0.4, -0.2) is 50.5 Å². The molecule has 7 heteroatoms. The van der Waals surface area contributed by atoms with E-state index in [0.717, 1.165) is 6.21 Å². The Morgan fingerprint density at radius 1 is 0.947 bits per heavy atom. The van der Waals surface area contributed by atoms with Gasteiger partial charge in [-0.05, 0) is 20.8 Å². The molecule has 0 aromatic carbocycles. The fraction of sp³-hybridized carbons (Fsp3) is 0.667. The summed E-state index contributed by atoms with van der Waals surface area (Å²) >= 11 is 0. The van der Waals surface area contributed by atoms with Gasteiger partial charge in [-0.3, -0.25) is 19.4 Å². The standard InChI is InChI=1S/C12H19NO6/c1-4-17-10(14)8-13-7-9(11(15)18-5-2)12(16)19-6-3/h7,9H,4-6,8H2,1-3H3. The monoisotopic (exact) mass is 273 g/mol. The van der Waals surface area contributed by atoms with Gasteiger partial charge in [0.25, 0.3) is 0 Å². The normalized spacial score (nSPS) is 10.5. The maximum absolute atomic E-state index is 11.5. The molecule has 0 aliphatic rings. The van der Waals surface area contributed by atoms with Crippen molar-refractivity contribution in [3.63, 3.8) is 0 Å². The summed E-state index contributed by atoms with van der Waals surface area (Å²) in [5.41, 5.74) is 0. The van der Waals surface area contributed by atoms with E-state index >= 15 is 0 Å². The Balaban J connectivity index is 4.57. The summed E-state index contributed by atoms with van der Waals surface area (Å²) < 4.78 is 14.1. The molecule has 0 N–H and O–H groups in total. The van der Waals surface area contributed by atoms with Crippen molar-refractivity contribution < 1.29 is 28.6 Å². The summed E-state index contributed by atoms with van der Waals surface area (Å²) in [5.74, 6) is -3.30. The average molecular weight is 273 g/mol. The minimum absolute atomic E-state index is 0.139. The molecule has 0 unspecified atom stereocenters. The van der Waals surface area contributed by atoms with Gasteiger partial charge in [0, 0.05) is 6.21 Å². The van der Waals surface area contributed by atoms with E-state index < -0.39 is 23.8 Å². The Hall–Kier alpha value is -1.92. The molecule has 7 nitrogen and oxygen atoms in total. The lowest BCUT2D eigenvalue weighted by Crippen LogP contribution is -2.29. The Bertz CT molecular complexity index is 321. The van der Waals surface area contributed by atoms with Crippen molar-refractivity contribution >= 4 is 24.1 Å². The zero-order chi connectivity index (χ0) is 14.7. The topological polar surface area (TPSA) is 91.3 Å². The van der Waals surface area contributed by atoms with Crippen LogP contribution in [0.15, 0.2) is 4.99 Å². The van der Waals surface area contributed by atoms with Crippen molar-refractivity contribution in [3.8, 4) is 0 Å². The quantitative estimate of drug-likeness (QED) is 0.274. The predicted molar refractivity (Wildman–Crippen MR) is 66.7 cm³/mol. The molecule has 108 valence electrons. The molecule has 0 heterocycles. The Morgan fingerprint density at radius 2 is 1.42 bits per heavy atom. The molecule has 0 aromatic heterocycles. The average Bonchev–Trinajstić information content (AvgIpc) is 2.35. The van der Waals surface area contributed by atoms with Gasteiger partial charge in [0.05, 0.1) is 19.8 Å². The van der Waals surface area contributed by atoms with Crippen LogP contribution < -0.4 is 0 Å². The molecule has 0 aliphatic carbocycles. The summed E-state index contributed by atoms with van der Waals surface area (Å²) in [7, 11) is 0. The number of ether oxygens (including phenoxy) is 3. The third kappa shape index (κ3) is 7.17. The molecular weight excluding hydrogens is 254 g/mol. The first kappa shape index (κ1) is 17.1. The summed E-state index contributed by atoms with van der Waals surface area (Å²) in [4.78, 5) is 37.8. The number of aliphatic imine (C=N–C) groups is 1. The molecule has 19 heavy (non-hydrogen) atoms. The number of carbonyl (C=O) groups excluding carboxylic acids is 3. The van der Waals surface area contributed by atoms with Crippen LogP contribution >= 0.6 is 0 Å². The van der Waals surface area contributed by atoms with Crippen molar-refractivity contribution in [2.75, 3.05) is 26.4 Å². The number of carbonyl (C=O) groups is 3. The van der Waals surface area contributed by atoms with Gasteiger partial charge in [0.1, 0.15) is 6.54 Å². The van der Waals surface area contributed by atoms with Crippen LogP contribution in [0.2, 0.25) is 0 Å². The molecule has 0 radical (unpaired) electrons. The molecule has 0 rings (SSSR count). The first-order valence-electron chi connectivity index (χ1n) is 6.05. The van der Waals surface area contributed by atoms with Gasteiger partial charge in [-0.25, -0.2) is 0 Å². The van der Waals surface area contributed by atoms with E-state index in [1.54, 1.807) is 20.8 Å². The minimum Gasteiger partial charge on any atom is -0.465 e. The highest BCUT2D eigenvalue weighted by Gasteiger charge is 2.27. The van der Waals surface area contributed by atoms with E-state index in [0.29, 0.717) is 0 Å². The fourth-order valence-electron chi connectivity index (χ4n) is 1.12. The van der Waals surface area contributed by atoms with E-state index in [9.17, 15) is 14.4 Å². The molecule has 0 amide bonds. The van der Waals surface area contributed by atoms with E-state index in [1.807, 2.05) is 0 Å². The Labute approximate surface area is 111 Å². The van der Waals surface area contributed by atoms with E-state index in [1.165, 1.54) is 0 Å². The summed E-state index contributed by atoms with van der Waals surface area (Å²) in [5, 5.41) is 0. The highest BCUT2D eigenvalue weighted by Crippen LogP contribution is 2.01. The van der Waals surface area contributed by atoms with Crippen molar-refractivity contribution in [2.45, 2.75) is 20.8 Å². The first-order valence-corrected chi connectivity index (χ1v) is 6.05. The van der Waals surface area contributed by atoms with Crippen LogP contribution in [0.5, 0.6) is 0 Å². The van der Waals surface area contributed by atoms with E-state index in [4.69, 9.17) is 9.47 Å². The molecule has 0 atom stereocenters. The third-order valence-electron chi connectivity index (χ3n) is 1.86. The molecule has 0 aliphatic heterocycles. The maximum atomic E-state index is 11.5. The lowest BCUT2D eigenvalue weighted by molar-refractivity contribution is -0.157. The second-order valence-corrected chi connectivity index (χ2v) is 3.28. The van der Waals surface area contributed by atoms with Crippen LogP contribution in [-0.2, 0) is 28.6 Å². The van der Waals surface area contributed by atoms with Crippen LogP contribution in [0.3, 0.4) is 0 Å². The van der Waals surface area contributed by atoms with Gasteiger partial charge >= 0.3 is 17.9 Å². The first-order chi connectivity index (χ1) is 9.06. The summed E-state index contributed by atoms with van der Waals surface area (Å²) in [6, 6.07) is 0. The van der Waals surface area contributed by atoms with Crippen LogP contribution in [0.4, 0.5) is 0 Å². The van der Waals surface area contributed by atoms with E-state index in [2.05, 4.69) is 9.73 Å². The number of hydrogen-bond acceptors (Lipinski definition) is 7. The zero-order valence-corrected chi connectivity index (χ0v) is 11.4. The van der Waals surface area contributed by atoms with Crippen LogP contribution in [0.1, 0.15) is 20.8 Å². The van der Waals surface area contributed by atoms with E-state index in [-0.39, 0.29) is 26.4 Å². The summed E-state index contributed by atoms with van der Waals surface area (Å²) in [6.45, 7) is 5.17. The Kier molecular flexibility index (Phi) is 9.03. The minimum atomic E-state index is -1.26. The number of nitrogens with zero attached hydrogens (tertiary/aromatic N) is 1. The van der Waals surface area contributed by atoms with Gasteiger partial charge in [0.15, 0.2) is 5.92 Å². The second-order valence-electron chi connectivity index (χ2n) is 3.28. The molecule has 0 bridgehead atoms. The summed E-state index contributed by atoms with van der Waals surface area (Å²) in [6.07, 6.45) is 1.05. The SMILES string of the molecule is CCOC(=O)CN=CC(C(=O)OCC)C(=O)OCC. The lowest BCUT2D eigenvalue weighted by atomic mass is 10.2. The molecule has 0 saturated heterocycles. The van der Waals surface area contributed by atoms with Crippen molar-refractivity contribution in [2.24, 2.45) is 10.9 Å². The highest BCUT2D eigenvalue weighted by atomic mass is 16.6. The fourth-order valence-corrected chi connectivity index (χ4v) is 1.12. The van der Waals surface area contributed by atoms with Gasteiger partial charge in [0.2, 0.25) is 0 Å². The zero-order valence-electron chi connectivity index (χ0n) is 11.4. The Morgan fingerprint density at radius 3 is 1.84 bits per heavy atom. The molecule has 0 spiro atoms. The highest BCUT2D eigenvalue weighted by molar-refractivity contribution is 6.09. The van der Waals surface area contributed by atoms with Gasteiger partial charge in [-0.1, -0.05) is 0 Å².